The summed E-state index contributed by atoms with van der Waals surface area (Å²) in [4.78, 5) is 0. The molecule has 0 saturated carbocycles. The lowest BCUT2D eigenvalue weighted by Crippen LogP contribution is -2.40. The van der Waals surface area contributed by atoms with Crippen molar-refractivity contribution < 1.29 is 4.42 Å². The fourth-order valence-electron chi connectivity index (χ4n) is 2.91. The van der Waals surface area contributed by atoms with Gasteiger partial charge in [0.25, 0.3) is 0 Å². The van der Waals surface area contributed by atoms with Crippen LogP contribution in [0.3, 0.4) is 0 Å². The lowest BCUT2D eigenvalue weighted by molar-refractivity contribution is 0.234. The summed E-state index contributed by atoms with van der Waals surface area (Å²) < 4.78 is 7.85. The minimum absolute atomic E-state index is 0.115. The topological polar surface area (TPSA) is 55.9 Å². The second kappa shape index (κ2) is 4.45. The Morgan fingerprint density at radius 3 is 2.65 bits per heavy atom. The molecular weight excluding hydrogens is 252 g/mol. The number of furan rings is 1. The number of aryl methyl sites for hydroxylation is 2. The van der Waals surface area contributed by atoms with Crippen LogP contribution in [0.1, 0.15) is 44.2 Å². The largest absolute Gasteiger partial charge is 0.466 e. The maximum atomic E-state index is 5.63. The summed E-state index contributed by atoms with van der Waals surface area (Å²) in [5.41, 5.74) is 1.17. The Hall–Kier alpha value is -1.62. The van der Waals surface area contributed by atoms with E-state index < -0.39 is 0 Å². The Morgan fingerprint density at radius 2 is 2.05 bits per heavy atom. The van der Waals surface area contributed by atoms with E-state index in [0.29, 0.717) is 0 Å². The molecule has 0 aromatic carbocycles. The Kier molecular flexibility index (Phi) is 2.97. The van der Waals surface area contributed by atoms with Crippen LogP contribution in [0.5, 0.6) is 0 Å². The summed E-state index contributed by atoms with van der Waals surface area (Å²) in [6.45, 7) is 12.4. The van der Waals surface area contributed by atoms with Gasteiger partial charge in [0.15, 0.2) is 11.6 Å². The van der Waals surface area contributed by atoms with E-state index in [1.54, 1.807) is 0 Å². The van der Waals surface area contributed by atoms with Crippen molar-refractivity contribution in [3.63, 3.8) is 0 Å². The SMILES string of the molecule is Cc1cc(-c2nnc3n2CCNC3C(C)(C)C)c(C)o1. The zero-order chi connectivity index (χ0) is 14.5. The molecule has 1 unspecified atom stereocenters. The van der Waals surface area contributed by atoms with Crippen LogP contribution in [0.15, 0.2) is 10.5 Å². The third-order valence-corrected chi connectivity index (χ3v) is 3.87. The Bertz CT molecular complexity index is 633. The molecule has 0 radical (unpaired) electrons. The molecule has 1 aliphatic rings. The van der Waals surface area contributed by atoms with Gasteiger partial charge in [-0.2, -0.15) is 0 Å². The van der Waals surface area contributed by atoms with Gasteiger partial charge in [0.1, 0.15) is 11.5 Å². The Morgan fingerprint density at radius 1 is 1.30 bits per heavy atom. The van der Waals surface area contributed by atoms with Crippen molar-refractivity contribution in [3.8, 4) is 11.4 Å². The van der Waals surface area contributed by atoms with Crippen LogP contribution in [-0.2, 0) is 6.54 Å². The first-order chi connectivity index (χ1) is 9.38. The zero-order valence-corrected chi connectivity index (χ0v) is 12.8. The van der Waals surface area contributed by atoms with Crippen molar-refractivity contribution >= 4 is 0 Å². The van der Waals surface area contributed by atoms with E-state index in [1.807, 2.05) is 19.9 Å². The normalized spacial score (nSPS) is 19.1. The second-order valence-corrected chi connectivity index (χ2v) is 6.61. The van der Waals surface area contributed by atoms with Gasteiger partial charge in [0.2, 0.25) is 0 Å². The van der Waals surface area contributed by atoms with E-state index >= 15 is 0 Å². The number of hydrogen-bond donors (Lipinski definition) is 1. The maximum absolute atomic E-state index is 5.63. The molecule has 0 amide bonds. The molecule has 3 rings (SSSR count). The fourth-order valence-corrected chi connectivity index (χ4v) is 2.91. The van der Waals surface area contributed by atoms with Gasteiger partial charge in [0, 0.05) is 13.1 Å². The molecule has 5 nitrogen and oxygen atoms in total. The van der Waals surface area contributed by atoms with E-state index in [-0.39, 0.29) is 11.5 Å². The van der Waals surface area contributed by atoms with Crippen LogP contribution in [-0.4, -0.2) is 21.3 Å². The molecule has 0 aliphatic carbocycles. The van der Waals surface area contributed by atoms with Crippen molar-refractivity contribution in [2.24, 2.45) is 5.41 Å². The first-order valence-electron chi connectivity index (χ1n) is 7.12. The molecule has 0 spiro atoms. The monoisotopic (exact) mass is 274 g/mol. The first-order valence-corrected chi connectivity index (χ1v) is 7.12. The van der Waals surface area contributed by atoms with Crippen LogP contribution in [0, 0.1) is 19.3 Å². The summed E-state index contributed by atoms with van der Waals surface area (Å²) >= 11 is 0. The molecule has 1 atom stereocenters. The fraction of sp³-hybridized carbons (Fsp3) is 0.600. The molecule has 5 heteroatoms. The van der Waals surface area contributed by atoms with Gasteiger partial charge in [-0.05, 0) is 25.3 Å². The minimum atomic E-state index is 0.115. The van der Waals surface area contributed by atoms with Crippen molar-refractivity contribution in [2.75, 3.05) is 6.54 Å². The van der Waals surface area contributed by atoms with E-state index in [2.05, 4.69) is 40.9 Å². The second-order valence-electron chi connectivity index (χ2n) is 6.61. The highest BCUT2D eigenvalue weighted by Crippen LogP contribution is 2.36. The number of nitrogens with one attached hydrogen (secondary N) is 1. The third-order valence-electron chi connectivity index (χ3n) is 3.87. The van der Waals surface area contributed by atoms with Crippen LogP contribution in [0.25, 0.3) is 11.4 Å². The predicted octanol–water partition coefficient (Wildman–Crippen LogP) is 2.85. The van der Waals surface area contributed by atoms with Crippen LogP contribution in [0.2, 0.25) is 0 Å². The Balaban J connectivity index is 2.09. The van der Waals surface area contributed by atoms with E-state index in [0.717, 1.165) is 41.8 Å². The summed E-state index contributed by atoms with van der Waals surface area (Å²) in [6, 6.07) is 2.27. The van der Waals surface area contributed by atoms with E-state index in [1.165, 1.54) is 0 Å². The van der Waals surface area contributed by atoms with Crippen molar-refractivity contribution in [3.05, 3.63) is 23.4 Å². The molecule has 0 bridgehead atoms. The number of aromatic nitrogens is 3. The highest BCUT2D eigenvalue weighted by molar-refractivity contribution is 5.58. The van der Waals surface area contributed by atoms with Gasteiger partial charge in [-0.3, -0.25) is 0 Å². The van der Waals surface area contributed by atoms with Crippen molar-refractivity contribution in [1.29, 1.82) is 0 Å². The van der Waals surface area contributed by atoms with Crippen LogP contribution >= 0.6 is 0 Å². The highest BCUT2D eigenvalue weighted by atomic mass is 16.3. The van der Waals surface area contributed by atoms with Gasteiger partial charge < -0.3 is 14.3 Å². The lowest BCUT2D eigenvalue weighted by atomic mass is 9.85. The molecule has 2 aromatic heterocycles. The summed E-state index contributed by atoms with van der Waals surface area (Å²) in [7, 11) is 0. The Labute approximate surface area is 119 Å². The predicted molar refractivity (Wildman–Crippen MR) is 77.4 cm³/mol. The maximum Gasteiger partial charge on any atom is 0.167 e. The lowest BCUT2D eigenvalue weighted by Gasteiger charge is -2.34. The molecule has 2 aromatic rings. The van der Waals surface area contributed by atoms with Gasteiger partial charge in [-0.1, -0.05) is 20.8 Å². The average molecular weight is 274 g/mol. The summed E-state index contributed by atoms with van der Waals surface area (Å²) in [5.74, 6) is 3.77. The first kappa shape index (κ1) is 13.4. The number of nitrogens with zero attached hydrogens (tertiary/aromatic N) is 3. The number of rotatable bonds is 1. The molecule has 1 N–H and O–H groups in total. The molecular formula is C15H22N4O. The molecule has 0 fully saturated rings. The molecule has 3 heterocycles. The molecule has 108 valence electrons. The van der Waals surface area contributed by atoms with Gasteiger partial charge >= 0.3 is 0 Å². The average Bonchev–Trinajstić information content (AvgIpc) is 2.90. The quantitative estimate of drug-likeness (QED) is 0.868. The van der Waals surface area contributed by atoms with Gasteiger partial charge in [-0.15, -0.1) is 10.2 Å². The van der Waals surface area contributed by atoms with Crippen LogP contribution in [0.4, 0.5) is 0 Å². The highest BCUT2D eigenvalue weighted by Gasteiger charge is 2.34. The van der Waals surface area contributed by atoms with Crippen molar-refractivity contribution in [2.45, 2.75) is 47.2 Å². The van der Waals surface area contributed by atoms with Gasteiger partial charge in [0.05, 0.1) is 11.6 Å². The number of fused-ring (bicyclic) bond motifs is 1. The summed E-state index contributed by atoms with van der Waals surface area (Å²) in [6.07, 6.45) is 0. The molecule has 1 aliphatic heterocycles. The van der Waals surface area contributed by atoms with E-state index in [4.69, 9.17) is 4.42 Å². The van der Waals surface area contributed by atoms with E-state index in [9.17, 15) is 0 Å². The number of hydrogen-bond acceptors (Lipinski definition) is 4. The van der Waals surface area contributed by atoms with Crippen LogP contribution < -0.4 is 5.32 Å². The minimum Gasteiger partial charge on any atom is -0.466 e. The molecule has 20 heavy (non-hydrogen) atoms. The van der Waals surface area contributed by atoms with Crippen molar-refractivity contribution in [1.82, 2.24) is 20.1 Å². The smallest absolute Gasteiger partial charge is 0.167 e. The third kappa shape index (κ3) is 2.06. The standard InChI is InChI=1S/C15H22N4O/c1-9-8-11(10(2)20-9)13-17-18-14-12(15(3,4)5)16-6-7-19(13)14/h8,12,16H,6-7H2,1-5H3. The van der Waals surface area contributed by atoms with Gasteiger partial charge in [-0.25, -0.2) is 0 Å². The molecule has 0 saturated heterocycles. The zero-order valence-electron chi connectivity index (χ0n) is 12.8. The summed E-state index contributed by atoms with van der Waals surface area (Å²) in [5, 5.41) is 12.4.